The first-order valence-corrected chi connectivity index (χ1v) is 12.4. The number of esters is 1. The van der Waals surface area contributed by atoms with Crippen LogP contribution in [0.1, 0.15) is 20.8 Å². The third-order valence-electron chi connectivity index (χ3n) is 4.97. The number of hydrogen-bond donors (Lipinski definition) is 4. The van der Waals surface area contributed by atoms with Crippen LogP contribution >= 0.6 is 7.75 Å². The number of nitrogens with zero attached hydrogens (tertiary/aromatic N) is 1. The lowest BCUT2D eigenvalue weighted by atomic mass is 10.1. The van der Waals surface area contributed by atoms with Crippen molar-refractivity contribution in [1.82, 2.24) is 15.3 Å². The van der Waals surface area contributed by atoms with E-state index in [2.05, 4.69) is 10.4 Å². The van der Waals surface area contributed by atoms with Crippen LogP contribution in [0.15, 0.2) is 42.6 Å². The van der Waals surface area contributed by atoms with E-state index >= 15 is 0 Å². The minimum atomic E-state index is -4.26. The Kier molecular flexibility index (Phi) is 8.86. The summed E-state index contributed by atoms with van der Waals surface area (Å²) in [6.07, 6.45) is -6.30. The van der Waals surface area contributed by atoms with Gasteiger partial charge in [0.1, 0.15) is 24.0 Å². The second-order valence-electron chi connectivity index (χ2n) is 8.18. The number of carbonyl (C=O) groups is 2. The van der Waals surface area contributed by atoms with Crippen molar-refractivity contribution >= 4 is 19.6 Å². The molecule has 2 unspecified atom stereocenters. The molecule has 0 saturated carbocycles. The van der Waals surface area contributed by atoms with E-state index in [0.717, 1.165) is 17.2 Å². The zero-order valence-corrected chi connectivity index (χ0v) is 20.2. The molecule has 1 saturated heterocycles. The molecule has 4 N–H and O–H groups in total. The molecule has 0 aromatic heterocycles. The Morgan fingerprint density at radius 3 is 2.60 bits per heavy atom. The van der Waals surface area contributed by atoms with Crippen LogP contribution in [0.4, 0.5) is 4.39 Å². The summed E-state index contributed by atoms with van der Waals surface area (Å²) < 4.78 is 49.8. The van der Waals surface area contributed by atoms with E-state index in [9.17, 15) is 28.8 Å². The number of rotatable bonds is 10. The average molecular weight is 517 g/mol. The molecule has 2 heterocycles. The maximum absolute atomic E-state index is 14.8. The van der Waals surface area contributed by atoms with Crippen molar-refractivity contribution in [2.24, 2.45) is 0 Å². The number of amides is 1. The lowest BCUT2D eigenvalue weighted by Gasteiger charge is -2.34. The zero-order chi connectivity index (χ0) is 25.8. The molecule has 14 heteroatoms. The summed E-state index contributed by atoms with van der Waals surface area (Å²) in [7, 11) is -4.26. The molecule has 2 aliphatic heterocycles. The van der Waals surface area contributed by atoms with Crippen molar-refractivity contribution in [1.29, 1.82) is 0 Å². The predicted octanol–water partition coefficient (Wildman–Crippen LogP) is 0.765. The van der Waals surface area contributed by atoms with Crippen LogP contribution < -0.4 is 14.9 Å². The van der Waals surface area contributed by atoms with E-state index < -0.39 is 69.3 Å². The molecule has 12 nitrogen and oxygen atoms in total. The van der Waals surface area contributed by atoms with Gasteiger partial charge < -0.3 is 34.4 Å². The maximum atomic E-state index is 14.8. The smallest absolute Gasteiger partial charge is 0.459 e. The fourth-order valence-corrected chi connectivity index (χ4v) is 4.80. The number of carbonyl (C=O) groups excluding carboxylic acids is 2. The molecule has 1 aromatic carbocycles. The summed E-state index contributed by atoms with van der Waals surface area (Å²) in [6, 6.07) is 6.91. The zero-order valence-electron chi connectivity index (χ0n) is 19.3. The van der Waals surface area contributed by atoms with Crippen LogP contribution in [-0.4, -0.2) is 76.7 Å². The van der Waals surface area contributed by atoms with Gasteiger partial charge in [0.25, 0.3) is 0 Å². The molecular formula is C21H29FN3O9P. The number of para-hydroxylation sites is 1. The third kappa shape index (κ3) is 7.00. The van der Waals surface area contributed by atoms with Gasteiger partial charge in [0, 0.05) is 12.3 Å². The van der Waals surface area contributed by atoms with Crippen LogP contribution in [0.5, 0.6) is 5.75 Å². The van der Waals surface area contributed by atoms with E-state index in [1.165, 1.54) is 19.1 Å². The highest BCUT2D eigenvalue weighted by atomic mass is 31.2. The van der Waals surface area contributed by atoms with E-state index in [0.29, 0.717) is 0 Å². The Bertz CT molecular complexity index is 967. The molecule has 0 radical (unpaired) electrons. The van der Waals surface area contributed by atoms with Gasteiger partial charge in [0.15, 0.2) is 12.4 Å². The summed E-state index contributed by atoms with van der Waals surface area (Å²) in [5.41, 5.74) is 0. The van der Waals surface area contributed by atoms with Crippen LogP contribution in [0.3, 0.4) is 0 Å². The molecule has 7 atom stereocenters. The van der Waals surface area contributed by atoms with Crippen molar-refractivity contribution in [3.63, 3.8) is 0 Å². The highest BCUT2D eigenvalue weighted by molar-refractivity contribution is 7.52. The molecule has 1 amide bonds. The quantitative estimate of drug-likeness (QED) is 0.257. The predicted molar refractivity (Wildman–Crippen MR) is 119 cm³/mol. The molecule has 194 valence electrons. The van der Waals surface area contributed by atoms with Crippen molar-refractivity contribution in [3.05, 3.63) is 42.6 Å². The third-order valence-corrected chi connectivity index (χ3v) is 6.62. The van der Waals surface area contributed by atoms with Gasteiger partial charge in [0.05, 0.1) is 12.7 Å². The van der Waals surface area contributed by atoms with Gasteiger partial charge in [-0.15, -0.1) is 0 Å². The molecule has 3 rings (SSSR count). The molecule has 35 heavy (non-hydrogen) atoms. The first-order valence-electron chi connectivity index (χ1n) is 10.9. The Morgan fingerprint density at radius 1 is 1.29 bits per heavy atom. The first-order chi connectivity index (χ1) is 16.5. The molecule has 0 aliphatic carbocycles. The average Bonchev–Trinajstić information content (AvgIpc) is 3.06. The number of aliphatic hydroxyl groups is 2. The van der Waals surface area contributed by atoms with Crippen LogP contribution in [0, 0.1) is 0 Å². The van der Waals surface area contributed by atoms with Gasteiger partial charge in [-0.3, -0.25) is 14.1 Å². The van der Waals surface area contributed by atoms with E-state index in [-0.39, 0.29) is 5.75 Å². The molecule has 0 spiro atoms. The highest BCUT2D eigenvalue weighted by Crippen LogP contribution is 2.45. The number of halogens is 1. The summed E-state index contributed by atoms with van der Waals surface area (Å²) >= 11 is 0. The number of nitrogens with one attached hydrogen (secondary N) is 2. The Labute approximate surface area is 201 Å². The van der Waals surface area contributed by atoms with Crippen molar-refractivity contribution in [3.8, 4) is 5.75 Å². The number of aliphatic hydroxyl groups excluding tert-OH is 2. The lowest BCUT2D eigenvalue weighted by Crippen LogP contribution is -2.54. The van der Waals surface area contributed by atoms with Gasteiger partial charge in [-0.2, -0.15) is 5.09 Å². The second-order valence-corrected chi connectivity index (χ2v) is 9.87. The number of hydrogen-bond acceptors (Lipinski definition) is 10. The van der Waals surface area contributed by atoms with Crippen molar-refractivity contribution in [2.45, 2.75) is 63.9 Å². The molecule has 1 aromatic rings. The normalized spacial score (nSPS) is 28.9. The minimum Gasteiger partial charge on any atom is -0.462 e. The van der Waals surface area contributed by atoms with Crippen LogP contribution in [0.25, 0.3) is 0 Å². The Morgan fingerprint density at radius 2 is 1.97 bits per heavy atom. The monoisotopic (exact) mass is 517 g/mol. The van der Waals surface area contributed by atoms with Gasteiger partial charge in [-0.1, -0.05) is 18.2 Å². The largest absolute Gasteiger partial charge is 0.462 e. The fraction of sp³-hybridized carbons (Fsp3) is 0.524. The van der Waals surface area contributed by atoms with E-state index in [4.69, 9.17) is 18.5 Å². The summed E-state index contributed by atoms with van der Waals surface area (Å²) in [5, 5.41) is 25.0. The van der Waals surface area contributed by atoms with Gasteiger partial charge in [0.2, 0.25) is 12.3 Å². The van der Waals surface area contributed by atoms with Crippen LogP contribution in [0.2, 0.25) is 0 Å². The van der Waals surface area contributed by atoms with Crippen molar-refractivity contribution < 1.29 is 47.3 Å². The summed E-state index contributed by atoms with van der Waals surface area (Å²) in [5.74, 6) is -1.12. The summed E-state index contributed by atoms with van der Waals surface area (Å²) in [6.45, 7) is 4.12. The van der Waals surface area contributed by atoms with Gasteiger partial charge >= 0.3 is 13.7 Å². The number of alkyl halides is 1. The summed E-state index contributed by atoms with van der Waals surface area (Å²) in [4.78, 5) is 24.5. The molecule has 1 fully saturated rings. The molecule has 2 aliphatic rings. The Balaban J connectivity index is 1.71. The SMILES string of the molecule is CC(C)OC(=O)[C@H](C)NP(=O)(OC[C@H]1O[C@@H](N2C=CC(=O)NC2O)[C@@H](F)[C@H]1O)Oc1ccccc1. The number of benzene rings is 1. The van der Waals surface area contributed by atoms with Crippen molar-refractivity contribution in [2.75, 3.05) is 6.61 Å². The fourth-order valence-electron chi connectivity index (χ4n) is 3.30. The molecular weight excluding hydrogens is 488 g/mol. The maximum Gasteiger partial charge on any atom is 0.459 e. The second kappa shape index (κ2) is 11.5. The van der Waals surface area contributed by atoms with E-state index in [1.54, 1.807) is 32.0 Å². The highest BCUT2D eigenvalue weighted by Gasteiger charge is 2.49. The van der Waals surface area contributed by atoms with Gasteiger partial charge in [-0.05, 0) is 32.9 Å². The Hall–Kier alpha value is -2.54. The lowest BCUT2D eigenvalue weighted by molar-refractivity contribution is -0.149. The minimum absolute atomic E-state index is 0.166. The van der Waals surface area contributed by atoms with Gasteiger partial charge in [-0.25, -0.2) is 8.96 Å². The van der Waals surface area contributed by atoms with Crippen LogP contribution in [-0.2, 0) is 28.2 Å². The first kappa shape index (κ1) is 27.1. The topological polar surface area (TPSA) is 156 Å². The molecule has 0 bridgehead atoms. The number of ether oxygens (including phenoxy) is 2. The van der Waals surface area contributed by atoms with E-state index in [1.807, 2.05) is 0 Å². The standard InChI is InChI=1S/C21H29FN3O9P/c1-12(2)32-20(28)13(3)24-35(30,34-14-7-5-4-6-8-14)31-11-15-18(27)17(22)19(33-15)25-10-9-16(26)23-21(25)29/h4-10,12-13,15,17-19,21,27,29H,11H2,1-3H3,(H,23,26)(H,24,30)/t13-,15+,17-,18-,19+,21?,35?/m0/s1.